The number of H-pyrrole nitrogens is 1. The Morgan fingerprint density at radius 3 is 2.51 bits per heavy atom. The lowest BCUT2D eigenvalue weighted by atomic mass is 9.91. The molecule has 1 saturated heterocycles. The van der Waals surface area contributed by atoms with Gasteiger partial charge in [0.1, 0.15) is 6.04 Å². The Bertz CT molecular complexity index is 1580. The van der Waals surface area contributed by atoms with Gasteiger partial charge in [0.05, 0.1) is 0 Å². The second-order valence-corrected chi connectivity index (χ2v) is 12.4. The zero-order valence-corrected chi connectivity index (χ0v) is 25.6. The van der Waals surface area contributed by atoms with Gasteiger partial charge < -0.3 is 29.9 Å². The van der Waals surface area contributed by atoms with E-state index >= 15 is 0 Å². The Morgan fingerprint density at radius 2 is 1.74 bits per heavy atom. The Labute approximate surface area is 258 Å². The number of carbonyl (C=O) groups is 2. The van der Waals surface area contributed by atoms with Crippen LogP contribution in [-0.2, 0) is 17.6 Å². The van der Waals surface area contributed by atoms with E-state index in [1.807, 2.05) is 70.6 Å². The molecule has 43 heavy (non-hydrogen) atoms. The normalized spacial score (nSPS) is 17.7. The smallest absolute Gasteiger partial charge is 0.318 e. The molecule has 0 spiro atoms. The number of halogens is 1. The predicted octanol–water partition coefficient (Wildman–Crippen LogP) is 5.03. The number of aromatic nitrogens is 1. The molecule has 3 heterocycles. The number of urea groups is 1. The number of nitrogens with one attached hydrogen (secondary N) is 2. The maximum absolute atomic E-state index is 14.5. The van der Waals surface area contributed by atoms with Crippen molar-refractivity contribution in [2.24, 2.45) is 5.92 Å². The second kappa shape index (κ2) is 12.7. The summed E-state index contributed by atoms with van der Waals surface area (Å²) in [7, 11) is 4.11. The molecule has 2 aliphatic rings. The third-order valence-electron chi connectivity index (χ3n) is 8.55. The van der Waals surface area contributed by atoms with Crippen LogP contribution in [0, 0.1) is 5.92 Å². The first-order valence-corrected chi connectivity index (χ1v) is 15.4. The van der Waals surface area contributed by atoms with Gasteiger partial charge in [-0.15, -0.1) is 0 Å². The average Bonchev–Trinajstić information content (AvgIpc) is 3.42. The molecule has 3 amide bonds. The van der Waals surface area contributed by atoms with Crippen LogP contribution in [0.2, 0.25) is 5.02 Å². The van der Waals surface area contributed by atoms with Crippen molar-refractivity contribution in [2.45, 2.75) is 18.9 Å². The number of rotatable bonds is 7. The van der Waals surface area contributed by atoms with E-state index in [1.165, 1.54) is 0 Å². The first kappa shape index (κ1) is 29.1. The Morgan fingerprint density at radius 1 is 1.00 bits per heavy atom. The average molecular weight is 599 g/mol. The van der Waals surface area contributed by atoms with Crippen LogP contribution < -0.4 is 15.1 Å². The molecule has 9 heteroatoms. The van der Waals surface area contributed by atoms with Crippen molar-refractivity contribution in [2.75, 3.05) is 63.2 Å². The van der Waals surface area contributed by atoms with E-state index in [-0.39, 0.29) is 17.9 Å². The number of hydrogen-bond acceptors (Lipinski definition) is 4. The summed E-state index contributed by atoms with van der Waals surface area (Å²) in [4.78, 5) is 39.7. The van der Waals surface area contributed by atoms with Gasteiger partial charge in [-0.1, -0.05) is 48.0 Å². The van der Waals surface area contributed by atoms with Crippen molar-refractivity contribution in [1.82, 2.24) is 20.1 Å². The third-order valence-corrected chi connectivity index (χ3v) is 8.79. The van der Waals surface area contributed by atoms with Gasteiger partial charge in [0, 0.05) is 79.2 Å². The second-order valence-electron chi connectivity index (χ2n) is 11.9. The molecule has 2 atom stereocenters. The van der Waals surface area contributed by atoms with Crippen LogP contribution in [0.5, 0.6) is 0 Å². The van der Waals surface area contributed by atoms with Gasteiger partial charge in [0.25, 0.3) is 0 Å². The number of anilines is 2. The van der Waals surface area contributed by atoms with E-state index in [1.54, 1.807) is 0 Å². The monoisotopic (exact) mass is 598 g/mol. The van der Waals surface area contributed by atoms with E-state index in [4.69, 9.17) is 11.6 Å². The number of hydrogen-bond donors (Lipinski definition) is 2. The van der Waals surface area contributed by atoms with Crippen LogP contribution in [0.25, 0.3) is 10.9 Å². The number of nitrogens with zero attached hydrogens (tertiary/aromatic N) is 4. The number of piperazine rings is 1. The molecular weight excluding hydrogens is 560 g/mol. The number of amides is 3. The largest absolute Gasteiger partial charge is 0.368 e. The molecule has 1 fully saturated rings. The quantitative estimate of drug-likeness (QED) is 0.313. The molecule has 2 N–H and O–H groups in total. The topological polar surface area (TPSA) is 74.9 Å². The van der Waals surface area contributed by atoms with Crippen molar-refractivity contribution in [3.05, 3.63) is 95.1 Å². The highest BCUT2D eigenvalue weighted by molar-refractivity contribution is 6.30. The lowest BCUT2D eigenvalue weighted by Crippen LogP contribution is -2.58. The minimum atomic E-state index is -0.736. The maximum Gasteiger partial charge on any atom is 0.318 e. The summed E-state index contributed by atoms with van der Waals surface area (Å²) in [5.74, 6) is 0.147. The number of para-hydroxylation sites is 2. The highest BCUT2D eigenvalue weighted by Crippen LogP contribution is 2.33. The van der Waals surface area contributed by atoms with Gasteiger partial charge in [0.2, 0.25) is 5.91 Å². The Hall–Kier alpha value is -4.01. The van der Waals surface area contributed by atoms with E-state index in [9.17, 15) is 9.59 Å². The van der Waals surface area contributed by atoms with Crippen molar-refractivity contribution >= 4 is 45.8 Å². The Balaban J connectivity index is 1.25. The van der Waals surface area contributed by atoms with E-state index < -0.39 is 6.04 Å². The molecule has 2 aliphatic heterocycles. The predicted molar refractivity (Wildman–Crippen MR) is 174 cm³/mol. The van der Waals surface area contributed by atoms with Crippen LogP contribution in [-0.4, -0.2) is 86.1 Å². The van der Waals surface area contributed by atoms with Crippen molar-refractivity contribution < 1.29 is 9.59 Å². The van der Waals surface area contributed by atoms with Gasteiger partial charge >= 0.3 is 6.03 Å². The molecule has 0 radical (unpaired) electrons. The molecule has 1 aromatic heterocycles. The molecule has 0 aliphatic carbocycles. The summed E-state index contributed by atoms with van der Waals surface area (Å²) in [5.41, 5.74) is 5.11. The first-order chi connectivity index (χ1) is 20.9. The minimum absolute atomic E-state index is 0.103. The van der Waals surface area contributed by atoms with Crippen LogP contribution in [0.4, 0.5) is 16.2 Å². The fraction of sp³-hybridized carbons (Fsp3) is 0.353. The van der Waals surface area contributed by atoms with Gasteiger partial charge in [-0.2, -0.15) is 0 Å². The number of fused-ring (bicyclic) bond motifs is 2. The third kappa shape index (κ3) is 6.50. The lowest BCUT2D eigenvalue weighted by molar-refractivity contribution is -0.120. The SMILES string of the molecule is CN(C)CC1Cc2cc(Cl)ccc2N(C(=O)C(Cc2c[nH]c3ccccc23)NC(=O)N2CCN(c3ccccc3)CC2)C1. The molecule has 6 rings (SSSR count). The van der Waals surface area contributed by atoms with Crippen LogP contribution in [0.3, 0.4) is 0 Å². The van der Waals surface area contributed by atoms with Gasteiger partial charge in [-0.25, -0.2) is 4.79 Å². The van der Waals surface area contributed by atoms with E-state index in [0.29, 0.717) is 31.1 Å². The zero-order chi connectivity index (χ0) is 29.9. The minimum Gasteiger partial charge on any atom is -0.368 e. The fourth-order valence-electron chi connectivity index (χ4n) is 6.52. The fourth-order valence-corrected chi connectivity index (χ4v) is 6.71. The van der Waals surface area contributed by atoms with Crippen molar-refractivity contribution in [3.63, 3.8) is 0 Å². The summed E-state index contributed by atoms with van der Waals surface area (Å²) < 4.78 is 0. The van der Waals surface area contributed by atoms with Crippen molar-refractivity contribution in [3.8, 4) is 0 Å². The number of aromatic amines is 1. The van der Waals surface area contributed by atoms with E-state index in [0.717, 1.165) is 59.5 Å². The molecule has 0 bridgehead atoms. The Kier molecular flexibility index (Phi) is 8.58. The number of carbonyl (C=O) groups excluding carboxylic acids is 2. The lowest BCUT2D eigenvalue weighted by Gasteiger charge is -2.39. The number of benzene rings is 3. The summed E-state index contributed by atoms with van der Waals surface area (Å²) in [6, 6.07) is 23.1. The molecule has 224 valence electrons. The first-order valence-electron chi connectivity index (χ1n) is 15.0. The zero-order valence-electron chi connectivity index (χ0n) is 24.8. The molecule has 8 nitrogen and oxygen atoms in total. The summed E-state index contributed by atoms with van der Waals surface area (Å²) in [5, 5.41) is 4.89. The molecule has 3 aromatic carbocycles. The summed E-state index contributed by atoms with van der Waals surface area (Å²) in [6.07, 6.45) is 3.19. The summed E-state index contributed by atoms with van der Waals surface area (Å²) in [6.45, 7) is 4.09. The molecular formula is C34H39ClN6O2. The van der Waals surface area contributed by atoms with Gasteiger partial charge in [0.15, 0.2) is 0 Å². The standard InChI is InChI=1S/C34H39ClN6O2/c1-38(2)22-24-18-25-19-27(35)12-13-32(25)41(23-24)33(42)31(20-26-21-36-30-11-7-6-10-29(26)30)37-34(43)40-16-14-39(15-17-40)28-8-4-3-5-9-28/h3-13,19,21,24,31,36H,14-18,20,22-23H2,1-2H3,(H,37,43). The molecule has 4 aromatic rings. The van der Waals surface area contributed by atoms with Crippen LogP contribution >= 0.6 is 11.6 Å². The maximum atomic E-state index is 14.5. The molecule has 0 saturated carbocycles. The van der Waals surface area contributed by atoms with Gasteiger partial charge in [-0.3, -0.25) is 4.79 Å². The highest BCUT2D eigenvalue weighted by atomic mass is 35.5. The van der Waals surface area contributed by atoms with Crippen molar-refractivity contribution in [1.29, 1.82) is 0 Å². The van der Waals surface area contributed by atoms with E-state index in [2.05, 4.69) is 52.4 Å². The summed E-state index contributed by atoms with van der Waals surface area (Å²) >= 11 is 6.39. The van der Waals surface area contributed by atoms with Crippen LogP contribution in [0.15, 0.2) is 79.0 Å². The van der Waals surface area contributed by atoms with Crippen LogP contribution in [0.1, 0.15) is 11.1 Å². The highest BCUT2D eigenvalue weighted by Gasteiger charge is 2.35. The van der Waals surface area contributed by atoms with Gasteiger partial charge in [-0.05, 0) is 74.0 Å². The molecule has 2 unspecified atom stereocenters.